The van der Waals surface area contributed by atoms with E-state index in [-0.39, 0.29) is 11.5 Å². The number of benzene rings is 2. The van der Waals surface area contributed by atoms with Crippen LogP contribution in [0.15, 0.2) is 65.8 Å². The predicted octanol–water partition coefficient (Wildman–Crippen LogP) is 7.06. The first-order chi connectivity index (χ1) is 15.7. The van der Waals surface area contributed by atoms with Gasteiger partial charge in [-0.25, -0.2) is 0 Å². The van der Waals surface area contributed by atoms with E-state index in [1.165, 1.54) is 12.1 Å². The molecule has 0 aromatic heterocycles. The molecule has 0 saturated heterocycles. The highest BCUT2D eigenvalue weighted by molar-refractivity contribution is 6.31. The van der Waals surface area contributed by atoms with Crippen molar-refractivity contribution < 1.29 is 14.5 Å². The Morgan fingerprint density at radius 3 is 2.03 bits per heavy atom. The molecule has 1 N–H and O–H groups in total. The first-order valence-electron chi connectivity index (χ1n) is 11.2. The van der Waals surface area contributed by atoms with E-state index in [9.17, 15) is 14.9 Å². The molecule has 4 rings (SSSR count). The number of Topliss-reactive ketones (excluding diaryl/α,β-unsaturated/α-hetero) is 1. The summed E-state index contributed by atoms with van der Waals surface area (Å²) in [6.45, 7) is 12.1. The quantitative estimate of drug-likeness (QED) is 0.367. The fourth-order valence-corrected chi connectivity index (χ4v) is 4.65. The van der Waals surface area contributed by atoms with Crippen molar-refractivity contribution in [1.29, 1.82) is 0 Å². The minimum absolute atomic E-state index is 0.00409. The molecule has 0 radical (unpaired) electrons. The third-order valence-corrected chi connectivity index (χ3v) is 6.48. The summed E-state index contributed by atoms with van der Waals surface area (Å²) in [5.41, 5.74) is 1.12. The minimum Gasteiger partial charge on any atom is -0.480 e. The summed E-state index contributed by atoms with van der Waals surface area (Å²) in [5, 5.41) is 15.4. The molecule has 0 saturated carbocycles. The van der Waals surface area contributed by atoms with Crippen molar-refractivity contribution in [3.05, 3.63) is 86.5 Å². The highest BCUT2D eigenvalue weighted by Gasteiger charge is 2.49. The number of nitro benzene ring substituents is 1. The van der Waals surface area contributed by atoms with Gasteiger partial charge in [-0.2, -0.15) is 0 Å². The van der Waals surface area contributed by atoms with Gasteiger partial charge in [-0.1, -0.05) is 53.1 Å². The van der Waals surface area contributed by atoms with Crippen molar-refractivity contribution in [2.45, 2.75) is 53.2 Å². The molecule has 1 spiro atoms. The summed E-state index contributed by atoms with van der Waals surface area (Å²) in [5.74, 6) is 0.637. The predicted molar refractivity (Wildman–Crippen MR) is 134 cm³/mol. The van der Waals surface area contributed by atoms with E-state index in [1.54, 1.807) is 30.3 Å². The minimum atomic E-state index is -0.910. The van der Waals surface area contributed by atoms with Gasteiger partial charge in [0.05, 0.1) is 10.6 Å². The lowest BCUT2D eigenvalue weighted by atomic mass is 9.67. The number of hydrogen-bond acceptors (Lipinski definition) is 5. The van der Waals surface area contributed by atoms with Crippen molar-refractivity contribution in [1.82, 2.24) is 0 Å². The molecule has 7 heteroatoms. The zero-order valence-corrected chi connectivity index (χ0v) is 21.0. The van der Waals surface area contributed by atoms with Crippen LogP contribution in [0.5, 0.6) is 5.75 Å². The third-order valence-electron chi connectivity index (χ3n) is 6.25. The molecule has 1 aliphatic heterocycles. The number of ether oxygens (including phenoxy) is 1. The maximum atomic E-state index is 13.6. The van der Waals surface area contributed by atoms with Gasteiger partial charge in [-0.3, -0.25) is 14.9 Å². The number of allylic oxidation sites excluding steroid dienone is 2. The van der Waals surface area contributed by atoms with Crippen LogP contribution in [0.4, 0.5) is 11.4 Å². The normalized spacial score (nSPS) is 19.5. The van der Waals surface area contributed by atoms with Gasteiger partial charge < -0.3 is 10.1 Å². The Kier molecular flexibility index (Phi) is 5.64. The lowest BCUT2D eigenvalue weighted by Crippen LogP contribution is -2.50. The fourth-order valence-electron chi connectivity index (χ4n) is 4.47. The largest absolute Gasteiger partial charge is 0.480 e. The molecule has 2 aromatic rings. The number of carbonyl (C=O) groups excluding carboxylic acids is 1. The molecule has 6 nitrogen and oxygen atoms in total. The fraction of sp³-hybridized carbons (Fsp3) is 0.370. The number of hydrogen-bond donors (Lipinski definition) is 1. The smallest absolute Gasteiger partial charge is 0.269 e. The maximum absolute atomic E-state index is 13.6. The molecule has 0 unspecified atom stereocenters. The number of nitro groups is 1. The average molecular weight is 481 g/mol. The van der Waals surface area contributed by atoms with E-state index in [0.717, 1.165) is 5.56 Å². The number of ketones is 1. The van der Waals surface area contributed by atoms with Crippen LogP contribution in [0, 0.1) is 20.9 Å². The monoisotopic (exact) mass is 480 g/mol. The molecule has 1 heterocycles. The van der Waals surface area contributed by atoms with Crippen LogP contribution in [0.1, 0.15) is 53.2 Å². The molecule has 1 atom stereocenters. The summed E-state index contributed by atoms with van der Waals surface area (Å²) in [7, 11) is 0. The van der Waals surface area contributed by atoms with Crippen LogP contribution in [0.2, 0.25) is 5.02 Å². The van der Waals surface area contributed by atoms with Crippen molar-refractivity contribution in [3.8, 4) is 5.75 Å². The number of anilines is 1. The second kappa shape index (κ2) is 7.98. The van der Waals surface area contributed by atoms with Crippen molar-refractivity contribution in [2.75, 3.05) is 5.32 Å². The van der Waals surface area contributed by atoms with E-state index in [2.05, 4.69) is 5.32 Å². The topological polar surface area (TPSA) is 81.5 Å². The highest BCUT2D eigenvalue weighted by atomic mass is 35.5. The van der Waals surface area contributed by atoms with Crippen LogP contribution < -0.4 is 10.1 Å². The molecule has 2 aliphatic rings. The van der Waals surface area contributed by atoms with E-state index in [4.69, 9.17) is 16.3 Å². The van der Waals surface area contributed by atoms with Gasteiger partial charge >= 0.3 is 0 Å². The Balaban J connectivity index is 1.99. The van der Waals surface area contributed by atoms with E-state index in [0.29, 0.717) is 27.6 Å². The van der Waals surface area contributed by atoms with Crippen molar-refractivity contribution in [3.63, 3.8) is 0 Å². The summed E-state index contributed by atoms with van der Waals surface area (Å²) in [6, 6.07) is 11.7. The number of rotatable bonds is 2. The van der Waals surface area contributed by atoms with Gasteiger partial charge in [0.25, 0.3) is 5.69 Å². The SMILES string of the molecule is CC(C)(C)C1=CC2(C=C(C(C)(C)C)C1=O)Nc1cc(Cl)ccc1O[C@H]2c1ccc([N+](=O)[O-])cc1. The number of fused-ring (bicyclic) bond motifs is 1. The first-order valence-corrected chi connectivity index (χ1v) is 11.6. The van der Waals surface area contributed by atoms with Crippen molar-refractivity contribution >= 4 is 28.8 Å². The van der Waals surface area contributed by atoms with Crippen molar-refractivity contribution in [2.24, 2.45) is 10.8 Å². The zero-order chi connectivity index (χ0) is 25.1. The molecule has 1 aliphatic carbocycles. The standard InChI is InChI=1S/C27H29ClN2O4/c1-25(2,3)19-14-27(15-20(23(19)31)26(4,5)6)24(16-7-10-18(11-8-16)30(32)33)34-22-12-9-17(28)13-21(22)29-27/h7-15,24,29H,1-6H3/t24-/m0/s1. The zero-order valence-electron chi connectivity index (χ0n) is 20.2. The summed E-state index contributed by atoms with van der Waals surface area (Å²) < 4.78 is 6.53. The second-order valence-corrected chi connectivity index (χ2v) is 11.4. The van der Waals surface area contributed by atoms with Gasteiger partial charge in [0.2, 0.25) is 0 Å². The summed E-state index contributed by atoms with van der Waals surface area (Å²) in [6.07, 6.45) is 3.34. The molecule has 34 heavy (non-hydrogen) atoms. The highest BCUT2D eigenvalue weighted by Crippen LogP contribution is 2.50. The summed E-state index contributed by atoms with van der Waals surface area (Å²) >= 11 is 6.29. The summed E-state index contributed by atoms with van der Waals surface area (Å²) in [4.78, 5) is 24.4. The number of halogens is 1. The van der Waals surface area contributed by atoms with E-state index >= 15 is 0 Å². The maximum Gasteiger partial charge on any atom is 0.269 e. The Morgan fingerprint density at radius 2 is 1.53 bits per heavy atom. The van der Waals surface area contributed by atoms with Gasteiger partial charge in [-0.15, -0.1) is 0 Å². The number of nitrogens with zero attached hydrogens (tertiary/aromatic N) is 1. The molecule has 2 aromatic carbocycles. The van der Waals surface area contributed by atoms with E-state index < -0.39 is 27.4 Å². The van der Waals surface area contributed by atoms with Crippen LogP contribution in [0.25, 0.3) is 0 Å². The van der Waals surface area contributed by atoms with Crippen LogP contribution in [0.3, 0.4) is 0 Å². The molecule has 0 bridgehead atoms. The van der Waals surface area contributed by atoms with E-state index in [1.807, 2.05) is 53.7 Å². The lowest BCUT2D eigenvalue weighted by molar-refractivity contribution is -0.384. The molecule has 0 amide bonds. The van der Waals surface area contributed by atoms with Crippen LogP contribution in [-0.4, -0.2) is 16.2 Å². The number of carbonyl (C=O) groups is 1. The molecular formula is C27H29ClN2O4. The van der Waals surface area contributed by atoms with Gasteiger partial charge in [-0.05, 0) is 58.9 Å². The third kappa shape index (κ3) is 4.23. The average Bonchev–Trinajstić information content (AvgIpc) is 2.73. The number of nitrogens with one attached hydrogen (secondary N) is 1. The molecule has 0 fully saturated rings. The van der Waals surface area contributed by atoms with Gasteiger partial charge in [0.1, 0.15) is 11.3 Å². The second-order valence-electron chi connectivity index (χ2n) is 11.0. The Labute approximate surface area is 204 Å². The molecule has 178 valence electrons. The Morgan fingerprint density at radius 1 is 0.971 bits per heavy atom. The Hall–Kier alpha value is -3.12. The first kappa shape index (κ1) is 24.0. The van der Waals surface area contributed by atoms with Crippen LogP contribution >= 0.6 is 11.6 Å². The van der Waals surface area contributed by atoms with Gasteiger partial charge in [0.15, 0.2) is 11.9 Å². The van der Waals surface area contributed by atoms with Crippen LogP contribution in [-0.2, 0) is 4.79 Å². The number of non-ortho nitro benzene ring substituents is 1. The molecular weight excluding hydrogens is 452 g/mol. The lowest BCUT2D eigenvalue weighted by Gasteiger charge is -2.47. The Bertz CT molecular complexity index is 1200. The van der Waals surface area contributed by atoms with Gasteiger partial charge in [0, 0.05) is 28.3 Å².